The Hall–Kier alpha value is -1.42. The molecule has 4 aliphatic rings. The molecule has 0 radical (unpaired) electrons. The van der Waals surface area contributed by atoms with Gasteiger partial charge in [0.2, 0.25) is 0 Å². The van der Waals surface area contributed by atoms with Crippen molar-refractivity contribution in [1.82, 2.24) is 5.32 Å². The summed E-state index contributed by atoms with van der Waals surface area (Å²) in [5.74, 6) is 2.03. The summed E-state index contributed by atoms with van der Waals surface area (Å²) in [5, 5.41) is 17.9. The van der Waals surface area contributed by atoms with E-state index in [9.17, 15) is 5.11 Å². The molecule has 0 amide bonds. The molecule has 2 heterocycles. The van der Waals surface area contributed by atoms with Crippen LogP contribution in [0, 0.1) is 5.92 Å². The minimum absolute atomic E-state index is 0.244. The number of rotatable bonds is 0. The van der Waals surface area contributed by atoms with Crippen molar-refractivity contribution in [3.05, 3.63) is 17.2 Å². The lowest BCUT2D eigenvalue weighted by molar-refractivity contribution is 0.0781. The summed E-state index contributed by atoms with van der Waals surface area (Å²) < 4.78 is 6.11. The van der Waals surface area contributed by atoms with Crippen LogP contribution in [0.25, 0.3) is 0 Å². The van der Waals surface area contributed by atoms with Crippen molar-refractivity contribution < 1.29 is 9.84 Å². The highest BCUT2D eigenvalue weighted by Gasteiger charge is 2.52. The second-order valence-electron chi connectivity index (χ2n) is 8.01. The number of ether oxygens (including phenoxy) is 1. The van der Waals surface area contributed by atoms with E-state index in [1.54, 1.807) is 0 Å². The summed E-state index contributed by atoms with van der Waals surface area (Å²) in [6.45, 7) is 3.87. The number of piperidine rings is 1. The largest absolute Gasteiger partial charge is 0.506 e. The van der Waals surface area contributed by atoms with Crippen molar-refractivity contribution in [3.63, 3.8) is 0 Å². The Morgan fingerprint density at radius 3 is 3.13 bits per heavy atom. The second-order valence-corrected chi connectivity index (χ2v) is 8.01. The molecule has 2 aliphatic carbocycles. The number of phenols is 1. The van der Waals surface area contributed by atoms with Crippen molar-refractivity contribution in [2.75, 3.05) is 18.5 Å². The van der Waals surface area contributed by atoms with Crippen LogP contribution in [0.1, 0.15) is 50.2 Å². The first kappa shape index (κ1) is 14.0. The van der Waals surface area contributed by atoms with E-state index in [0.29, 0.717) is 18.4 Å². The van der Waals surface area contributed by atoms with Crippen molar-refractivity contribution in [3.8, 4) is 11.5 Å². The predicted octanol–water partition coefficient (Wildman–Crippen LogP) is 2.93. The molecule has 23 heavy (non-hydrogen) atoms. The number of anilines is 1. The van der Waals surface area contributed by atoms with Crippen LogP contribution in [-0.4, -0.2) is 30.3 Å². The van der Waals surface area contributed by atoms with Crippen LogP contribution >= 0.6 is 0 Å². The van der Waals surface area contributed by atoms with Gasteiger partial charge in [-0.25, -0.2) is 0 Å². The zero-order valence-electron chi connectivity index (χ0n) is 13.8. The normalized spacial score (nSPS) is 37.7. The fourth-order valence-corrected chi connectivity index (χ4v) is 5.82. The second kappa shape index (κ2) is 4.79. The van der Waals surface area contributed by atoms with Gasteiger partial charge >= 0.3 is 0 Å². The van der Waals surface area contributed by atoms with Crippen LogP contribution in [0.2, 0.25) is 0 Å². The van der Waals surface area contributed by atoms with Crippen LogP contribution in [0.5, 0.6) is 11.5 Å². The van der Waals surface area contributed by atoms with Gasteiger partial charge in [-0.1, -0.05) is 12.8 Å². The first-order valence-corrected chi connectivity index (χ1v) is 9.21. The number of nitrogens with one attached hydrogen (secondary N) is 2. The highest BCUT2D eigenvalue weighted by Crippen LogP contribution is 2.57. The van der Waals surface area contributed by atoms with E-state index >= 15 is 0 Å². The van der Waals surface area contributed by atoms with Crippen LogP contribution in [0.15, 0.2) is 6.07 Å². The highest BCUT2D eigenvalue weighted by molar-refractivity contribution is 5.73. The summed E-state index contributed by atoms with van der Waals surface area (Å²) in [4.78, 5) is 0. The fraction of sp³-hybridized carbons (Fsp3) is 0.684. The number of hydrogen-bond acceptors (Lipinski definition) is 4. The molecule has 5 rings (SSSR count). The Morgan fingerprint density at radius 1 is 1.30 bits per heavy atom. The Labute approximate surface area is 137 Å². The highest BCUT2D eigenvalue weighted by atomic mass is 16.5. The van der Waals surface area contributed by atoms with E-state index in [4.69, 9.17) is 4.74 Å². The lowest BCUT2D eigenvalue weighted by atomic mass is 9.52. The molecule has 124 valence electrons. The van der Waals surface area contributed by atoms with Gasteiger partial charge in [-0.05, 0) is 56.7 Å². The van der Waals surface area contributed by atoms with Crippen molar-refractivity contribution in [2.24, 2.45) is 5.92 Å². The third kappa shape index (κ3) is 1.81. The topological polar surface area (TPSA) is 53.5 Å². The molecule has 4 heteroatoms. The van der Waals surface area contributed by atoms with E-state index < -0.39 is 0 Å². The molecular formula is C19H26N2O2. The van der Waals surface area contributed by atoms with Crippen molar-refractivity contribution in [1.29, 1.82) is 0 Å². The quantitative estimate of drug-likeness (QED) is 0.645. The maximum atomic E-state index is 10.7. The smallest absolute Gasteiger partial charge is 0.149 e. The molecule has 2 bridgehead atoms. The van der Waals surface area contributed by atoms with Gasteiger partial charge in [-0.3, -0.25) is 0 Å². The summed E-state index contributed by atoms with van der Waals surface area (Å²) in [6.07, 6.45) is 7.50. The zero-order chi connectivity index (χ0) is 15.6. The Bertz CT molecular complexity index is 655. The Balaban J connectivity index is 1.72. The Morgan fingerprint density at radius 2 is 2.22 bits per heavy atom. The lowest BCUT2D eigenvalue weighted by Gasteiger charge is -2.56. The first-order chi connectivity index (χ1) is 11.2. The number of hydrogen-bond donors (Lipinski definition) is 3. The van der Waals surface area contributed by atoms with E-state index in [-0.39, 0.29) is 11.5 Å². The molecule has 2 fully saturated rings. The fourth-order valence-electron chi connectivity index (χ4n) is 5.82. The lowest BCUT2D eigenvalue weighted by Crippen LogP contribution is -2.59. The van der Waals surface area contributed by atoms with E-state index in [1.807, 2.05) is 0 Å². The third-order valence-corrected chi connectivity index (χ3v) is 6.75. The summed E-state index contributed by atoms with van der Waals surface area (Å²) in [7, 11) is 0. The minimum atomic E-state index is 0.244. The summed E-state index contributed by atoms with van der Waals surface area (Å²) >= 11 is 0. The number of benzene rings is 1. The van der Waals surface area contributed by atoms with Crippen molar-refractivity contribution >= 4 is 5.69 Å². The van der Waals surface area contributed by atoms with Gasteiger partial charge in [-0.15, -0.1) is 0 Å². The van der Waals surface area contributed by atoms with Gasteiger partial charge < -0.3 is 20.5 Å². The molecular weight excluding hydrogens is 288 g/mol. The predicted molar refractivity (Wildman–Crippen MR) is 90.4 cm³/mol. The third-order valence-electron chi connectivity index (χ3n) is 6.75. The molecule has 1 saturated carbocycles. The van der Waals surface area contributed by atoms with Crippen LogP contribution in [-0.2, 0) is 11.8 Å². The molecule has 0 aromatic heterocycles. The molecule has 0 spiro atoms. The molecule has 1 aromatic carbocycles. The minimum Gasteiger partial charge on any atom is -0.506 e. The number of aromatic hydroxyl groups is 1. The average Bonchev–Trinajstić information content (AvgIpc) is 2.56. The first-order valence-electron chi connectivity index (χ1n) is 9.21. The van der Waals surface area contributed by atoms with Gasteiger partial charge in [0, 0.05) is 17.0 Å². The van der Waals surface area contributed by atoms with Crippen LogP contribution in [0.3, 0.4) is 0 Å². The summed E-state index contributed by atoms with van der Waals surface area (Å²) in [5.41, 5.74) is 3.83. The van der Waals surface area contributed by atoms with E-state index in [2.05, 4.69) is 23.6 Å². The monoisotopic (exact) mass is 314 g/mol. The van der Waals surface area contributed by atoms with E-state index in [1.165, 1.54) is 43.2 Å². The standard InChI is InChI=1S/C19H26N2O2/c1-11-10-23-18-12-8-15-13-4-2-3-5-19(13,6-7-20-15)14(12)9-16(22)17(18)21-11/h9,11,13,15,20-22H,2-8,10H2,1H3/t11?,13?,15-,19-/m0/s1. The zero-order valence-corrected chi connectivity index (χ0v) is 13.8. The molecule has 2 unspecified atom stereocenters. The number of fused-ring (bicyclic) bond motifs is 3. The average molecular weight is 314 g/mol. The van der Waals surface area contributed by atoms with Gasteiger partial charge in [-0.2, -0.15) is 0 Å². The van der Waals surface area contributed by atoms with Gasteiger partial charge in [0.25, 0.3) is 0 Å². The van der Waals surface area contributed by atoms with Crippen LogP contribution in [0.4, 0.5) is 5.69 Å². The maximum absolute atomic E-state index is 10.7. The SMILES string of the molecule is CC1COc2c3c(cc(O)c2N1)[C@]12CCCCC1[C@H](C3)NCC2. The van der Waals surface area contributed by atoms with E-state index in [0.717, 1.165) is 30.3 Å². The van der Waals surface area contributed by atoms with Crippen LogP contribution < -0.4 is 15.4 Å². The summed E-state index contributed by atoms with van der Waals surface area (Å²) in [6, 6.07) is 2.89. The Kier molecular flexibility index (Phi) is 2.91. The molecule has 4 atom stereocenters. The number of phenolic OH excluding ortho intramolecular Hbond substituents is 1. The molecule has 3 N–H and O–H groups in total. The molecule has 1 saturated heterocycles. The van der Waals surface area contributed by atoms with Gasteiger partial charge in [0.15, 0.2) is 0 Å². The van der Waals surface area contributed by atoms with Gasteiger partial charge in [0.1, 0.15) is 23.8 Å². The molecule has 1 aromatic rings. The molecule has 4 nitrogen and oxygen atoms in total. The molecule has 2 aliphatic heterocycles. The van der Waals surface area contributed by atoms with Crippen molar-refractivity contribution in [2.45, 2.75) is 62.9 Å². The van der Waals surface area contributed by atoms with Gasteiger partial charge in [0.05, 0.1) is 6.04 Å². The maximum Gasteiger partial charge on any atom is 0.149 e.